The monoisotopic (exact) mass is 258 g/mol. The average Bonchev–Trinajstić information content (AvgIpc) is 2.11. The molecule has 0 amide bonds. The molecule has 1 atom stereocenters. The third kappa shape index (κ3) is 10.5. The number of rotatable bonds is 7. The summed E-state index contributed by atoms with van der Waals surface area (Å²) >= 11 is 0. The number of aliphatic carboxylic acids is 1. The second-order valence-corrected chi connectivity index (χ2v) is 6.96. The van der Waals surface area contributed by atoms with Crippen molar-refractivity contribution in [3.63, 3.8) is 0 Å². The van der Waals surface area contributed by atoms with Gasteiger partial charge in [0.05, 0.1) is 0 Å². The molecule has 18 heavy (non-hydrogen) atoms. The molecule has 0 spiro atoms. The largest absolute Gasteiger partial charge is 0.480 e. The number of carbonyl (C=O) groups is 1. The van der Waals surface area contributed by atoms with E-state index in [9.17, 15) is 4.79 Å². The molecule has 0 aliphatic rings. The summed E-state index contributed by atoms with van der Waals surface area (Å²) < 4.78 is 0. The van der Waals surface area contributed by atoms with E-state index in [1.807, 2.05) is 20.8 Å². The standard InChI is InChI=1S/C14H30N2O2/c1-13(2,3)15-10-8-7-9-11(12(17)18)16-14(4,5)6/h11,15-16H,7-10H2,1-6H3,(H,17,18). The van der Waals surface area contributed by atoms with Crippen molar-refractivity contribution in [2.45, 2.75) is 77.9 Å². The van der Waals surface area contributed by atoms with Crippen LogP contribution in [0.5, 0.6) is 0 Å². The van der Waals surface area contributed by atoms with Crippen LogP contribution in [-0.2, 0) is 4.79 Å². The van der Waals surface area contributed by atoms with Gasteiger partial charge in [-0.3, -0.25) is 10.1 Å². The first-order valence-corrected chi connectivity index (χ1v) is 6.77. The van der Waals surface area contributed by atoms with Crippen LogP contribution in [0.4, 0.5) is 0 Å². The third-order valence-electron chi connectivity index (χ3n) is 2.48. The Hall–Kier alpha value is -0.610. The molecule has 0 saturated heterocycles. The van der Waals surface area contributed by atoms with E-state index in [1.54, 1.807) is 0 Å². The molecule has 0 aromatic heterocycles. The second kappa shape index (κ2) is 7.10. The summed E-state index contributed by atoms with van der Waals surface area (Å²) in [5.74, 6) is -0.756. The van der Waals surface area contributed by atoms with Crippen LogP contribution < -0.4 is 10.6 Å². The highest BCUT2D eigenvalue weighted by molar-refractivity contribution is 5.73. The van der Waals surface area contributed by atoms with E-state index >= 15 is 0 Å². The van der Waals surface area contributed by atoms with Crippen LogP contribution >= 0.6 is 0 Å². The van der Waals surface area contributed by atoms with Crippen molar-refractivity contribution in [2.24, 2.45) is 0 Å². The molecule has 3 N–H and O–H groups in total. The fraction of sp³-hybridized carbons (Fsp3) is 0.929. The third-order valence-corrected chi connectivity index (χ3v) is 2.48. The van der Waals surface area contributed by atoms with Crippen LogP contribution in [0.2, 0.25) is 0 Å². The lowest BCUT2D eigenvalue weighted by Crippen LogP contribution is -2.47. The van der Waals surface area contributed by atoms with Gasteiger partial charge in [-0.1, -0.05) is 6.42 Å². The summed E-state index contributed by atoms with van der Waals surface area (Å²) in [5, 5.41) is 15.7. The van der Waals surface area contributed by atoms with Gasteiger partial charge in [0, 0.05) is 11.1 Å². The van der Waals surface area contributed by atoms with Gasteiger partial charge in [-0.25, -0.2) is 0 Å². The Morgan fingerprint density at radius 1 is 1.06 bits per heavy atom. The number of nitrogens with one attached hydrogen (secondary N) is 2. The van der Waals surface area contributed by atoms with Gasteiger partial charge in [-0.05, 0) is 60.9 Å². The minimum Gasteiger partial charge on any atom is -0.480 e. The Morgan fingerprint density at radius 2 is 1.61 bits per heavy atom. The molecule has 1 unspecified atom stereocenters. The summed E-state index contributed by atoms with van der Waals surface area (Å²) in [5.41, 5.74) is -0.0252. The van der Waals surface area contributed by atoms with Crippen LogP contribution in [0.3, 0.4) is 0 Å². The second-order valence-electron chi connectivity index (χ2n) is 6.96. The summed E-state index contributed by atoms with van der Waals surface area (Å²) in [6, 6.07) is -0.445. The van der Waals surface area contributed by atoms with Gasteiger partial charge < -0.3 is 10.4 Å². The zero-order chi connectivity index (χ0) is 14.4. The number of hydrogen-bond donors (Lipinski definition) is 3. The minimum atomic E-state index is -0.756. The molecule has 0 bridgehead atoms. The molecule has 4 heteroatoms. The van der Waals surface area contributed by atoms with Gasteiger partial charge in [0.2, 0.25) is 0 Å². The summed E-state index contributed by atoms with van der Waals surface area (Å²) in [4.78, 5) is 11.1. The molecule has 0 aliphatic carbocycles. The smallest absolute Gasteiger partial charge is 0.320 e. The predicted octanol–water partition coefficient (Wildman–Crippen LogP) is 2.39. The van der Waals surface area contributed by atoms with E-state index in [4.69, 9.17) is 5.11 Å². The Labute approximate surface area is 112 Å². The summed E-state index contributed by atoms with van der Waals surface area (Å²) in [6.45, 7) is 13.3. The first-order chi connectivity index (χ1) is 8.01. The predicted molar refractivity (Wildman–Crippen MR) is 75.9 cm³/mol. The zero-order valence-electron chi connectivity index (χ0n) is 12.8. The number of unbranched alkanes of at least 4 members (excludes halogenated alkanes) is 1. The molecule has 0 aliphatic heterocycles. The van der Waals surface area contributed by atoms with E-state index in [-0.39, 0.29) is 11.1 Å². The van der Waals surface area contributed by atoms with Crippen molar-refractivity contribution in [2.75, 3.05) is 6.54 Å². The topological polar surface area (TPSA) is 61.4 Å². The highest BCUT2D eigenvalue weighted by atomic mass is 16.4. The first kappa shape index (κ1) is 17.4. The highest BCUT2D eigenvalue weighted by Gasteiger charge is 2.22. The Morgan fingerprint density at radius 3 is 2.00 bits per heavy atom. The maximum Gasteiger partial charge on any atom is 0.320 e. The quantitative estimate of drug-likeness (QED) is 0.614. The molecule has 108 valence electrons. The van der Waals surface area contributed by atoms with E-state index in [2.05, 4.69) is 31.4 Å². The SMILES string of the molecule is CC(C)(C)NCCCCC(NC(C)(C)C)C(=O)O. The van der Waals surface area contributed by atoms with E-state index < -0.39 is 12.0 Å². The van der Waals surface area contributed by atoms with E-state index in [0.29, 0.717) is 6.42 Å². The van der Waals surface area contributed by atoms with Crippen LogP contribution in [0.15, 0.2) is 0 Å². The van der Waals surface area contributed by atoms with Crippen molar-refractivity contribution in [1.82, 2.24) is 10.6 Å². The van der Waals surface area contributed by atoms with Gasteiger partial charge in [0.25, 0.3) is 0 Å². The maximum absolute atomic E-state index is 11.1. The van der Waals surface area contributed by atoms with Crippen LogP contribution in [0, 0.1) is 0 Å². The molecule has 0 saturated carbocycles. The Bertz CT molecular complexity index is 252. The lowest BCUT2D eigenvalue weighted by molar-refractivity contribution is -0.140. The van der Waals surface area contributed by atoms with Crippen molar-refractivity contribution in [3.05, 3.63) is 0 Å². The molecular formula is C14H30N2O2. The minimum absolute atomic E-state index is 0.135. The van der Waals surface area contributed by atoms with Crippen LogP contribution in [0.25, 0.3) is 0 Å². The normalized spacial score (nSPS) is 14.6. The van der Waals surface area contributed by atoms with Crippen molar-refractivity contribution < 1.29 is 9.90 Å². The molecular weight excluding hydrogens is 228 g/mol. The fourth-order valence-corrected chi connectivity index (χ4v) is 1.72. The zero-order valence-corrected chi connectivity index (χ0v) is 12.8. The van der Waals surface area contributed by atoms with E-state index in [1.165, 1.54) is 0 Å². The lowest BCUT2D eigenvalue weighted by Gasteiger charge is -2.26. The average molecular weight is 258 g/mol. The van der Waals surface area contributed by atoms with Gasteiger partial charge >= 0.3 is 5.97 Å². The maximum atomic E-state index is 11.1. The molecule has 0 radical (unpaired) electrons. The number of hydrogen-bond acceptors (Lipinski definition) is 3. The van der Waals surface area contributed by atoms with Crippen LogP contribution in [-0.4, -0.2) is 34.7 Å². The lowest BCUT2D eigenvalue weighted by atomic mass is 10.0. The molecule has 0 aromatic rings. The van der Waals surface area contributed by atoms with Crippen molar-refractivity contribution in [1.29, 1.82) is 0 Å². The van der Waals surface area contributed by atoms with Gasteiger partial charge in [0.15, 0.2) is 0 Å². The fourth-order valence-electron chi connectivity index (χ4n) is 1.72. The summed E-state index contributed by atoms with van der Waals surface area (Å²) in [6.07, 6.45) is 2.61. The van der Waals surface area contributed by atoms with Gasteiger partial charge in [-0.2, -0.15) is 0 Å². The Balaban J connectivity index is 3.89. The first-order valence-electron chi connectivity index (χ1n) is 6.77. The molecule has 0 rings (SSSR count). The van der Waals surface area contributed by atoms with Gasteiger partial charge in [0.1, 0.15) is 6.04 Å². The Kier molecular flexibility index (Phi) is 6.86. The van der Waals surface area contributed by atoms with E-state index in [0.717, 1.165) is 19.4 Å². The molecule has 4 nitrogen and oxygen atoms in total. The highest BCUT2D eigenvalue weighted by Crippen LogP contribution is 2.08. The number of carboxylic acids is 1. The van der Waals surface area contributed by atoms with Gasteiger partial charge in [-0.15, -0.1) is 0 Å². The molecule has 0 aromatic carbocycles. The van der Waals surface area contributed by atoms with Crippen LogP contribution in [0.1, 0.15) is 60.8 Å². The van der Waals surface area contributed by atoms with Crippen molar-refractivity contribution in [3.8, 4) is 0 Å². The molecule has 0 heterocycles. The number of carboxylic acid groups (broad SMARTS) is 1. The summed E-state index contributed by atoms with van der Waals surface area (Å²) in [7, 11) is 0. The molecule has 0 fully saturated rings. The van der Waals surface area contributed by atoms with Crippen molar-refractivity contribution >= 4 is 5.97 Å².